The van der Waals surface area contributed by atoms with Crippen LogP contribution in [0.25, 0.3) is 0 Å². The number of sulfonamides is 1. The molecule has 0 aliphatic carbocycles. The van der Waals surface area contributed by atoms with Crippen molar-refractivity contribution in [2.75, 3.05) is 46.6 Å². The third kappa shape index (κ3) is 4.67. The summed E-state index contributed by atoms with van der Waals surface area (Å²) in [6.07, 6.45) is 0.658. The van der Waals surface area contributed by atoms with Gasteiger partial charge in [0.2, 0.25) is 10.0 Å². The zero-order chi connectivity index (χ0) is 17.6. The van der Waals surface area contributed by atoms with Crippen LogP contribution < -0.4 is 5.32 Å². The van der Waals surface area contributed by atoms with Gasteiger partial charge in [0.05, 0.1) is 28.7 Å². The molecule has 7 nitrogen and oxygen atoms in total. The summed E-state index contributed by atoms with van der Waals surface area (Å²) in [6, 6.07) is 4.16. The number of rotatable bonds is 7. The van der Waals surface area contributed by atoms with Gasteiger partial charge >= 0.3 is 0 Å². The number of carbonyl (C=O) groups excluding carboxylic acids is 1. The Kier molecular flexibility index (Phi) is 7.00. The molecule has 0 aromatic heterocycles. The molecule has 0 radical (unpaired) electrons. The topological polar surface area (TPSA) is 84.9 Å². The lowest BCUT2D eigenvalue weighted by Gasteiger charge is -2.26. The first-order chi connectivity index (χ1) is 11.5. The van der Waals surface area contributed by atoms with Crippen LogP contribution in [-0.4, -0.2) is 65.2 Å². The van der Waals surface area contributed by atoms with E-state index in [4.69, 9.17) is 21.1 Å². The molecule has 2 rings (SSSR count). The fourth-order valence-corrected chi connectivity index (χ4v) is 3.93. The van der Waals surface area contributed by atoms with Crippen molar-refractivity contribution in [3.05, 3.63) is 28.8 Å². The third-order valence-corrected chi connectivity index (χ3v) is 5.83. The predicted molar refractivity (Wildman–Crippen MR) is 89.9 cm³/mol. The van der Waals surface area contributed by atoms with Crippen LogP contribution in [0.4, 0.5) is 0 Å². The lowest BCUT2D eigenvalue weighted by atomic mass is 10.2. The number of benzene rings is 1. The molecule has 1 aliphatic heterocycles. The summed E-state index contributed by atoms with van der Waals surface area (Å²) in [5.74, 6) is -0.407. The lowest BCUT2D eigenvalue weighted by molar-refractivity contribution is 0.0730. The molecule has 0 spiro atoms. The SMILES string of the molecule is COCCCNC(=O)c1cc(S(=O)(=O)N2CCOCC2)ccc1Cl. The molecule has 1 N–H and O–H groups in total. The Hall–Kier alpha value is -1.19. The van der Waals surface area contributed by atoms with Gasteiger partial charge in [-0.25, -0.2) is 8.42 Å². The number of carbonyl (C=O) groups is 1. The van der Waals surface area contributed by atoms with E-state index in [9.17, 15) is 13.2 Å². The van der Waals surface area contributed by atoms with E-state index in [0.717, 1.165) is 0 Å². The van der Waals surface area contributed by atoms with Gasteiger partial charge in [-0.2, -0.15) is 4.31 Å². The molecule has 1 amide bonds. The zero-order valence-electron chi connectivity index (χ0n) is 13.5. The fourth-order valence-electron chi connectivity index (χ4n) is 2.29. The van der Waals surface area contributed by atoms with E-state index in [1.165, 1.54) is 22.5 Å². The van der Waals surface area contributed by atoms with Gasteiger partial charge < -0.3 is 14.8 Å². The Morgan fingerprint density at radius 1 is 1.38 bits per heavy atom. The Morgan fingerprint density at radius 3 is 2.75 bits per heavy atom. The molecule has 0 bridgehead atoms. The Bertz CT molecular complexity index is 674. The lowest BCUT2D eigenvalue weighted by Crippen LogP contribution is -2.40. The van der Waals surface area contributed by atoms with E-state index in [2.05, 4.69) is 5.32 Å². The summed E-state index contributed by atoms with van der Waals surface area (Å²) in [7, 11) is -2.09. The molecule has 1 fully saturated rings. The number of amides is 1. The molecule has 1 aliphatic rings. The quantitative estimate of drug-likeness (QED) is 0.721. The number of ether oxygens (including phenoxy) is 2. The molecule has 0 atom stereocenters. The number of hydrogen-bond donors (Lipinski definition) is 1. The second kappa shape index (κ2) is 8.77. The van der Waals surface area contributed by atoms with Crippen molar-refractivity contribution in [2.45, 2.75) is 11.3 Å². The Balaban J connectivity index is 2.16. The molecule has 1 heterocycles. The molecular weight excluding hydrogens is 356 g/mol. The van der Waals surface area contributed by atoms with Crippen LogP contribution in [0.5, 0.6) is 0 Å². The molecular formula is C15H21ClN2O5S. The van der Waals surface area contributed by atoms with Crippen LogP contribution in [-0.2, 0) is 19.5 Å². The van der Waals surface area contributed by atoms with Crippen molar-refractivity contribution in [2.24, 2.45) is 0 Å². The maximum absolute atomic E-state index is 12.7. The summed E-state index contributed by atoms with van der Waals surface area (Å²) in [4.78, 5) is 12.3. The molecule has 9 heteroatoms. The van der Waals surface area contributed by atoms with Gasteiger partial charge in [0.15, 0.2) is 0 Å². The van der Waals surface area contributed by atoms with Crippen molar-refractivity contribution in [1.82, 2.24) is 9.62 Å². The molecule has 1 aromatic carbocycles. The molecule has 1 aromatic rings. The van der Waals surface area contributed by atoms with E-state index >= 15 is 0 Å². The van der Waals surface area contributed by atoms with Gasteiger partial charge in [-0.05, 0) is 24.6 Å². The number of morpholine rings is 1. The first-order valence-corrected chi connectivity index (χ1v) is 9.43. The highest BCUT2D eigenvalue weighted by Crippen LogP contribution is 2.23. The summed E-state index contributed by atoms with van der Waals surface area (Å²) in [5.41, 5.74) is 0.142. The molecule has 134 valence electrons. The first-order valence-electron chi connectivity index (χ1n) is 7.61. The number of halogens is 1. The largest absolute Gasteiger partial charge is 0.385 e. The zero-order valence-corrected chi connectivity index (χ0v) is 15.0. The molecule has 24 heavy (non-hydrogen) atoms. The maximum atomic E-state index is 12.7. The van der Waals surface area contributed by atoms with Crippen LogP contribution in [0, 0.1) is 0 Å². The van der Waals surface area contributed by atoms with E-state index in [1.807, 2.05) is 0 Å². The number of methoxy groups -OCH3 is 1. The minimum absolute atomic E-state index is 0.0517. The second-order valence-electron chi connectivity index (χ2n) is 5.26. The summed E-state index contributed by atoms with van der Waals surface area (Å²) >= 11 is 6.05. The fraction of sp³-hybridized carbons (Fsp3) is 0.533. The standard InChI is InChI=1S/C15H21ClN2O5S/c1-22-8-2-5-17-15(19)13-11-12(3-4-14(13)16)24(20,21)18-6-9-23-10-7-18/h3-4,11H,2,5-10H2,1H3,(H,17,19). The van der Waals surface area contributed by atoms with E-state index in [0.29, 0.717) is 45.9 Å². The maximum Gasteiger partial charge on any atom is 0.252 e. The second-order valence-corrected chi connectivity index (χ2v) is 7.61. The average Bonchev–Trinajstić information content (AvgIpc) is 2.59. The van der Waals surface area contributed by atoms with Crippen LogP contribution in [0.2, 0.25) is 5.02 Å². The number of hydrogen-bond acceptors (Lipinski definition) is 5. The molecule has 0 saturated carbocycles. The smallest absolute Gasteiger partial charge is 0.252 e. The highest BCUT2D eigenvalue weighted by Gasteiger charge is 2.27. The minimum Gasteiger partial charge on any atom is -0.385 e. The molecule has 0 unspecified atom stereocenters. The molecule has 1 saturated heterocycles. The van der Waals surface area contributed by atoms with Crippen LogP contribution in [0.3, 0.4) is 0 Å². The van der Waals surface area contributed by atoms with Gasteiger partial charge in [0.1, 0.15) is 0 Å². The summed E-state index contributed by atoms with van der Waals surface area (Å²) in [6.45, 7) is 2.26. The van der Waals surface area contributed by atoms with Crippen molar-refractivity contribution in [3.63, 3.8) is 0 Å². The number of nitrogens with one attached hydrogen (secondary N) is 1. The highest BCUT2D eigenvalue weighted by molar-refractivity contribution is 7.89. The Labute approximate surface area is 146 Å². The van der Waals surface area contributed by atoms with Gasteiger partial charge in [-0.1, -0.05) is 11.6 Å². The summed E-state index contributed by atoms with van der Waals surface area (Å²) < 4.78 is 36.7. The van der Waals surface area contributed by atoms with Crippen molar-refractivity contribution < 1.29 is 22.7 Å². The predicted octanol–water partition coefficient (Wildman–Crippen LogP) is 1.13. The first kappa shape index (κ1) is 19.1. The van der Waals surface area contributed by atoms with Crippen molar-refractivity contribution in [1.29, 1.82) is 0 Å². The third-order valence-electron chi connectivity index (χ3n) is 3.60. The van der Waals surface area contributed by atoms with E-state index in [1.54, 1.807) is 7.11 Å². The van der Waals surface area contributed by atoms with Crippen molar-refractivity contribution >= 4 is 27.5 Å². The van der Waals surface area contributed by atoms with E-state index in [-0.39, 0.29) is 15.5 Å². The normalized spacial score (nSPS) is 16.1. The summed E-state index contributed by atoms with van der Waals surface area (Å²) in [5, 5.41) is 2.91. The number of nitrogens with zero attached hydrogens (tertiary/aromatic N) is 1. The van der Waals surface area contributed by atoms with Crippen molar-refractivity contribution in [3.8, 4) is 0 Å². The van der Waals surface area contributed by atoms with Gasteiger partial charge in [0, 0.05) is 33.4 Å². The van der Waals surface area contributed by atoms with Crippen LogP contribution >= 0.6 is 11.6 Å². The minimum atomic E-state index is -3.67. The van der Waals surface area contributed by atoms with E-state index < -0.39 is 15.9 Å². The highest BCUT2D eigenvalue weighted by atomic mass is 35.5. The van der Waals surface area contributed by atoms with Crippen LogP contribution in [0.1, 0.15) is 16.8 Å². The monoisotopic (exact) mass is 376 g/mol. The van der Waals surface area contributed by atoms with Gasteiger partial charge in [-0.3, -0.25) is 4.79 Å². The van der Waals surface area contributed by atoms with Crippen LogP contribution in [0.15, 0.2) is 23.1 Å². The van der Waals surface area contributed by atoms with Gasteiger partial charge in [-0.15, -0.1) is 0 Å². The van der Waals surface area contributed by atoms with Gasteiger partial charge in [0.25, 0.3) is 5.91 Å². The average molecular weight is 377 g/mol. The Morgan fingerprint density at radius 2 is 2.08 bits per heavy atom.